The van der Waals surface area contributed by atoms with Crippen LogP contribution in [0.4, 0.5) is 4.39 Å². The highest BCUT2D eigenvalue weighted by Gasteiger charge is 2.38. The standard InChI is InChI=1S/C14H18BrFN2O2.ClH/c15-11-2-1-10(7-12(11)16)8-18-13(19)14(9-17)3-5-20-6-4-14;/h1-2,7H,3-6,8-9,17H2,(H,18,19);1H. The van der Waals surface area contributed by atoms with Gasteiger partial charge in [-0.15, -0.1) is 12.4 Å². The fourth-order valence-electron chi connectivity index (χ4n) is 2.31. The average Bonchev–Trinajstić information content (AvgIpc) is 2.48. The zero-order valence-corrected chi connectivity index (χ0v) is 13.9. The van der Waals surface area contributed by atoms with Crippen LogP contribution in [0.1, 0.15) is 18.4 Å². The molecular weight excluding hydrogens is 363 g/mol. The number of hydrogen-bond donors (Lipinski definition) is 2. The van der Waals surface area contributed by atoms with E-state index in [1.807, 2.05) is 0 Å². The topological polar surface area (TPSA) is 64.4 Å². The van der Waals surface area contributed by atoms with Crippen LogP contribution in [0.25, 0.3) is 0 Å². The monoisotopic (exact) mass is 380 g/mol. The van der Waals surface area contributed by atoms with Gasteiger partial charge in [0.25, 0.3) is 0 Å². The number of nitrogens with two attached hydrogens (primary N) is 1. The van der Waals surface area contributed by atoms with E-state index in [1.54, 1.807) is 12.1 Å². The molecule has 1 aromatic rings. The lowest BCUT2D eigenvalue weighted by Gasteiger charge is -2.34. The number of hydrogen-bond acceptors (Lipinski definition) is 3. The number of carbonyl (C=O) groups is 1. The molecule has 0 aliphatic carbocycles. The van der Waals surface area contributed by atoms with Crippen LogP contribution in [-0.4, -0.2) is 25.7 Å². The second kappa shape index (κ2) is 8.08. The molecule has 0 radical (unpaired) electrons. The van der Waals surface area contributed by atoms with Crippen molar-refractivity contribution in [3.05, 3.63) is 34.1 Å². The number of rotatable bonds is 4. The smallest absolute Gasteiger partial charge is 0.227 e. The maximum atomic E-state index is 13.4. The van der Waals surface area contributed by atoms with E-state index in [9.17, 15) is 9.18 Å². The fraction of sp³-hybridized carbons (Fsp3) is 0.500. The van der Waals surface area contributed by atoms with E-state index in [4.69, 9.17) is 10.5 Å². The van der Waals surface area contributed by atoms with E-state index in [1.165, 1.54) is 6.07 Å². The molecule has 0 aromatic heterocycles. The van der Waals surface area contributed by atoms with Gasteiger partial charge >= 0.3 is 0 Å². The zero-order chi connectivity index (χ0) is 14.6. The summed E-state index contributed by atoms with van der Waals surface area (Å²) in [6, 6.07) is 4.81. The molecule has 1 aliphatic heterocycles. The summed E-state index contributed by atoms with van der Waals surface area (Å²) in [6.45, 7) is 1.71. The second-order valence-electron chi connectivity index (χ2n) is 5.03. The number of nitrogens with one attached hydrogen (secondary N) is 1. The molecule has 1 amide bonds. The number of amides is 1. The van der Waals surface area contributed by atoms with Gasteiger partial charge in [-0.2, -0.15) is 0 Å². The highest BCUT2D eigenvalue weighted by molar-refractivity contribution is 9.10. The molecule has 0 spiro atoms. The summed E-state index contributed by atoms with van der Waals surface area (Å²) >= 11 is 3.10. The third-order valence-electron chi connectivity index (χ3n) is 3.76. The van der Waals surface area contributed by atoms with Crippen molar-refractivity contribution in [3.8, 4) is 0 Å². The van der Waals surface area contributed by atoms with Crippen molar-refractivity contribution in [3.63, 3.8) is 0 Å². The van der Waals surface area contributed by atoms with Crippen LogP contribution in [0.3, 0.4) is 0 Å². The van der Waals surface area contributed by atoms with Gasteiger partial charge in [-0.05, 0) is 46.5 Å². The molecule has 0 unspecified atom stereocenters. The van der Waals surface area contributed by atoms with Gasteiger partial charge in [0.05, 0.1) is 9.89 Å². The predicted octanol–water partition coefficient (Wildman–Crippen LogP) is 2.38. The minimum Gasteiger partial charge on any atom is -0.381 e. The summed E-state index contributed by atoms with van der Waals surface area (Å²) in [4.78, 5) is 12.3. The van der Waals surface area contributed by atoms with Crippen LogP contribution in [-0.2, 0) is 16.1 Å². The minimum absolute atomic E-state index is 0. The van der Waals surface area contributed by atoms with Crippen LogP contribution in [0.5, 0.6) is 0 Å². The largest absolute Gasteiger partial charge is 0.381 e. The Morgan fingerprint density at radius 3 is 2.67 bits per heavy atom. The molecule has 21 heavy (non-hydrogen) atoms. The Labute approximate surface area is 138 Å². The van der Waals surface area contributed by atoms with Gasteiger partial charge in [-0.1, -0.05) is 6.07 Å². The molecule has 1 fully saturated rings. The normalized spacial score (nSPS) is 16.9. The van der Waals surface area contributed by atoms with Crippen LogP contribution in [0, 0.1) is 11.2 Å². The average molecular weight is 382 g/mol. The molecule has 2 rings (SSSR count). The van der Waals surface area contributed by atoms with Crippen molar-refractivity contribution in [2.24, 2.45) is 11.1 Å². The highest BCUT2D eigenvalue weighted by atomic mass is 79.9. The van der Waals surface area contributed by atoms with Crippen molar-refractivity contribution in [2.45, 2.75) is 19.4 Å². The number of halogens is 3. The Morgan fingerprint density at radius 1 is 1.43 bits per heavy atom. The van der Waals surface area contributed by atoms with Crippen molar-refractivity contribution in [1.29, 1.82) is 0 Å². The van der Waals surface area contributed by atoms with Crippen molar-refractivity contribution >= 4 is 34.2 Å². The number of benzene rings is 1. The van der Waals surface area contributed by atoms with Gasteiger partial charge in [0.15, 0.2) is 0 Å². The molecule has 1 aliphatic rings. The van der Waals surface area contributed by atoms with E-state index in [-0.39, 0.29) is 24.1 Å². The van der Waals surface area contributed by atoms with E-state index >= 15 is 0 Å². The lowest BCUT2D eigenvalue weighted by atomic mass is 9.79. The third-order valence-corrected chi connectivity index (χ3v) is 4.40. The van der Waals surface area contributed by atoms with Gasteiger partial charge < -0.3 is 15.8 Å². The third kappa shape index (κ3) is 4.39. The molecule has 1 aromatic carbocycles. The fourth-order valence-corrected chi connectivity index (χ4v) is 2.55. The van der Waals surface area contributed by atoms with Crippen LogP contribution < -0.4 is 11.1 Å². The quantitative estimate of drug-likeness (QED) is 0.841. The maximum absolute atomic E-state index is 13.4. The maximum Gasteiger partial charge on any atom is 0.227 e. The summed E-state index contributed by atoms with van der Waals surface area (Å²) in [6.07, 6.45) is 1.26. The van der Waals surface area contributed by atoms with E-state index < -0.39 is 5.41 Å². The summed E-state index contributed by atoms with van der Waals surface area (Å²) < 4.78 is 19.1. The molecule has 7 heteroatoms. The van der Waals surface area contributed by atoms with Crippen molar-refractivity contribution in [1.82, 2.24) is 5.32 Å². The van der Waals surface area contributed by atoms with Gasteiger partial charge in [0, 0.05) is 26.3 Å². The van der Waals surface area contributed by atoms with Crippen LogP contribution >= 0.6 is 28.3 Å². The molecule has 1 heterocycles. The zero-order valence-electron chi connectivity index (χ0n) is 11.5. The SMILES string of the molecule is Cl.NCC1(C(=O)NCc2ccc(Br)c(F)c2)CCOCC1. The van der Waals surface area contributed by atoms with E-state index in [0.717, 1.165) is 5.56 Å². The summed E-state index contributed by atoms with van der Waals surface area (Å²) in [5.41, 5.74) is 5.94. The Balaban J connectivity index is 0.00000220. The summed E-state index contributed by atoms with van der Waals surface area (Å²) in [5, 5.41) is 2.85. The number of carbonyl (C=O) groups excluding carboxylic acids is 1. The first-order chi connectivity index (χ1) is 9.57. The lowest BCUT2D eigenvalue weighted by molar-refractivity contribution is -0.136. The minimum atomic E-state index is -0.549. The van der Waals surface area contributed by atoms with Crippen molar-refractivity contribution < 1.29 is 13.9 Å². The molecule has 0 bridgehead atoms. The molecule has 118 valence electrons. The molecule has 0 saturated carbocycles. The lowest BCUT2D eigenvalue weighted by Crippen LogP contribution is -2.48. The Kier molecular flexibility index (Phi) is 7.06. The van der Waals surface area contributed by atoms with Gasteiger partial charge in [-0.3, -0.25) is 4.79 Å². The number of ether oxygens (including phenoxy) is 1. The first-order valence-electron chi connectivity index (χ1n) is 6.57. The Hall–Kier alpha value is -0.690. The van der Waals surface area contributed by atoms with Crippen LogP contribution in [0.15, 0.2) is 22.7 Å². The second-order valence-corrected chi connectivity index (χ2v) is 5.88. The van der Waals surface area contributed by atoms with Gasteiger partial charge in [0.1, 0.15) is 5.82 Å². The summed E-state index contributed by atoms with van der Waals surface area (Å²) in [5.74, 6) is -0.414. The van der Waals surface area contributed by atoms with E-state index in [2.05, 4.69) is 21.2 Å². The Morgan fingerprint density at radius 2 is 2.10 bits per heavy atom. The Bertz CT molecular complexity index is 496. The first-order valence-corrected chi connectivity index (χ1v) is 7.37. The molecule has 4 nitrogen and oxygen atoms in total. The van der Waals surface area contributed by atoms with Gasteiger partial charge in [0.2, 0.25) is 5.91 Å². The van der Waals surface area contributed by atoms with E-state index in [0.29, 0.717) is 43.6 Å². The first kappa shape index (κ1) is 18.4. The molecule has 3 N–H and O–H groups in total. The molecule has 0 atom stereocenters. The van der Waals surface area contributed by atoms with Crippen LogP contribution in [0.2, 0.25) is 0 Å². The summed E-state index contributed by atoms with van der Waals surface area (Å²) in [7, 11) is 0. The molecule has 1 saturated heterocycles. The highest BCUT2D eigenvalue weighted by Crippen LogP contribution is 2.29. The van der Waals surface area contributed by atoms with Crippen molar-refractivity contribution in [2.75, 3.05) is 19.8 Å². The molecular formula is C14H19BrClFN2O2. The van der Waals surface area contributed by atoms with Gasteiger partial charge in [-0.25, -0.2) is 4.39 Å². The predicted molar refractivity (Wildman–Crippen MR) is 84.7 cm³/mol.